The highest BCUT2D eigenvalue weighted by Gasteiger charge is 2.73. The van der Waals surface area contributed by atoms with Gasteiger partial charge in [0.25, 0.3) is 0 Å². The van der Waals surface area contributed by atoms with Crippen molar-refractivity contribution < 1.29 is 52.8 Å². The lowest BCUT2D eigenvalue weighted by atomic mass is 9.55. The van der Waals surface area contributed by atoms with E-state index >= 15 is 0 Å². The second kappa shape index (κ2) is 12.6. The number of ether oxygens (including phenoxy) is 4. The average Bonchev–Trinajstić information content (AvgIpc) is 3.96. The van der Waals surface area contributed by atoms with Gasteiger partial charge in [-0.25, -0.2) is 4.79 Å². The zero-order valence-corrected chi connectivity index (χ0v) is 34.5. The van der Waals surface area contributed by atoms with Crippen LogP contribution in [-0.4, -0.2) is 58.7 Å². The van der Waals surface area contributed by atoms with Crippen molar-refractivity contribution in [3.8, 4) is 0 Å². The van der Waals surface area contributed by atoms with E-state index in [1.54, 1.807) is 20.8 Å². The van der Waals surface area contributed by atoms with Crippen LogP contribution >= 0.6 is 0 Å². The van der Waals surface area contributed by atoms with Crippen molar-refractivity contribution in [1.82, 2.24) is 0 Å². The molecule has 2 saturated heterocycles. The van der Waals surface area contributed by atoms with E-state index in [-0.39, 0.29) is 66.0 Å². The van der Waals surface area contributed by atoms with Crippen LogP contribution in [0.3, 0.4) is 0 Å². The molecule has 0 aromatic rings. The van der Waals surface area contributed by atoms with E-state index in [0.717, 1.165) is 31.6 Å². The van der Waals surface area contributed by atoms with Crippen LogP contribution in [0.2, 0.25) is 0 Å². The van der Waals surface area contributed by atoms with Crippen LogP contribution in [0.25, 0.3) is 0 Å². The third kappa shape index (κ3) is 5.35. The van der Waals surface area contributed by atoms with Crippen LogP contribution in [0.5, 0.6) is 0 Å². The maximum atomic E-state index is 13.2. The van der Waals surface area contributed by atoms with Gasteiger partial charge in [-0.1, -0.05) is 27.7 Å². The molecule has 1 N–H and O–H groups in total. The van der Waals surface area contributed by atoms with Gasteiger partial charge in [0.15, 0.2) is 6.61 Å². The number of fused-ring (bicyclic) bond motifs is 18. The van der Waals surface area contributed by atoms with E-state index < -0.39 is 34.5 Å². The van der Waals surface area contributed by atoms with Gasteiger partial charge in [0.05, 0.1) is 34.7 Å². The quantitative estimate of drug-likeness (QED) is 0.159. The summed E-state index contributed by atoms with van der Waals surface area (Å²) in [7, 11) is 0. The summed E-state index contributed by atoms with van der Waals surface area (Å²) >= 11 is 0. The average molecular weight is 779 g/mol. The van der Waals surface area contributed by atoms with Crippen molar-refractivity contribution in [2.24, 2.45) is 124 Å². The van der Waals surface area contributed by atoms with Crippen LogP contribution in [-0.2, 0) is 47.7 Å². The topological polar surface area (TPSA) is 160 Å². The smallest absolute Gasteiger partial charge is 0.344 e. The Labute approximate surface area is 330 Å². The summed E-state index contributed by atoms with van der Waals surface area (Å²) in [5, 5.41) is 10.8. The molecule has 56 heavy (non-hydrogen) atoms. The number of carbonyl (C=O) groups excluding carboxylic acids is 6. The minimum Gasteiger partial charge on any atom is -0.457 e. The molecule has 0 spiro atoms. The van der Waals surface area contributed by atoms with Gasteiger partial charge >= 0.3 is 35.8 Å². The van der Waals surface area contributed by atoms with Crippen molar-refractivity contribution in [2.45, 2.75) is 112 Å². The van der Waals surface area contributed by atoms with Crippen LogP contribution in [0, 0.1) is 124 Å². The summed E-state index contributed by atoms with van der Waals surface area (Å²) < 4.78 is 20.7. The highest BCUT2D eigenvalue weighted by molar-refractivity contribution is 5.97. The Kier molecular flexibility index (Phi) is 8.70. The monoisotopic (exact) mass is 778 g/mol. The first-order valence-electron chi connectivity index (χ1n) is 21.8. The van der Waals surface area contributed by atoms with Crippen molar-refractivity contribution >= 4 is 35.8 Å². The Morgan fingerprint density at radius 3 is 1.59 bits per heavy atom. The number of rotatable bonds is 5. The minimum absolute atomic E-state index is 0.131. The Morgan fingerprint density at radius 2 is 1.12 bits per heavy atom. The summed E-state index contributed by atoms with van der Waals surface area (Å²) in [6.45, 7) is 17.2. The standard InChI is InChI=1S/C26H36O7.C19H26O4/c1-11-14-8-15(18(11)19-12(2)22(28)32-23(19)29)21-16-7-13(20(14)21)9-26(16,6)24(30)31-10-17(27)33-25(3,4)5;1-7-10-5-11(13(7)14-8(2)17(20)23-18(14)21)16-12-4-9(15(10)16)6-19(12,3)22/h11-16,18-21H,7-10H2,1-6H3;7-16,22H,4-6H2,1-3H3. The Hall–Kier alpha value is -2.82. The molecule has 22 atom stereocenters. The molecule has 0 radical (unpaired) electrons. The maximum Gasteiger partial charge on any atom is 0.344 e. The molecule has 10 fully saturated rings. The predicted octanol–water partition coefficient (Wildman–Crippen LogP) is 5.63. The zero-order valence-electron chi connectivity index (χ0n) is 34.5. The number of cyclic esters (lactones) is 4. The molecule has 0 amide bonds. The van der Waals surface area contributed by atoms with Gasteiger partial charge in [0, 0.05) is 0 Å². The largest absolute Gasteiger partial charge is 0.457 e. The first-order valence-corrected chi connectivity index (χ1v) is 21.8. The molecule has 22 unspecified atom stereocenters. The van der Waals surface area contributed by atoms with Gasteiger partial charge in [-0.05, 0) is 168 Å². The van der Waals surface area contributed by atoms with E-state index in [0.29, 0.717) is 71.0 Å². The van der Waals surface area contributed by atoms with Crippen LogP contribution < -0.4 is 0 Å². The van der Waals surface area contributed by atoms with Crippen molar-refractivity contribution in [3.05, 3.63) is 0 Å². The van der Waals surface area contributed by atoms with Crippen molar-refractivity contribution in [3.63, 3.8) is 0 Å². The highest BCUT2D eigenvalue weighted by Crippen LogP contribution is 2.76. The molecular weight excluding hydrogens is 716 g/mol. The number of carbonyl (C=O) groups is 6. The van der Waals surface area contributed by atoms with E-state index in [1.165, 1.54) is 12.8 Å². The number of hydrogen-bond acceptors (Lipinski definition) is 11. The molecule has 11 heteroatoms. The molecule has 10 aliphatic rings. The van der Waals surface area contributed by atoms with Gasteiger partial charge in [-0.3, -0.25) is 24.0 Å². The second-order valence-electron chi connectivity index (χ2n) is 22.0. The molecule has 2 aliphatic heterocycles. The summed E-state index contributed by atoms with van der Waals surface area (Å²) in [6.07, 6.45) is 6.19. The lowest BCUT2D eigenvalue weighted by molar-refractivity contribution is -0.174. The SMILES string of the molecule is CC1C(=O)OC(=O)C1C1C(C)C2CC1C1C2C2CC1C(C)(C(=O)OCC(=O)OC(C)(C)C)C2.CC1C(=O)OC(=O)C1C1C(C)C2CC1C1C2C2CC1C(C)(O)C2. The number of hydrogen-bond donors (Lipinski definition) is 1. The summed E-state index contributed by atoms with van der Waals surface area (Å²) in [6, 6.07) is 0. The van der Waals surface area contributed by atoms with Crippen LogP contribution in [0.1, 0.15) is 101 Å². The minimum atomic E-state index is -0.623. The Morgan fingerprint density at radius 1 is 0.661 bits per heavy atom. The first kappa shape index (κ1) is 38.7. The third-order valence-electron chi connectivity index (χ3n) is 18.4. The third-order valence-corrected chi connectivity index (χ3v) is 18.4. The first-order chi connectivity index (χ1) is 26.1. The van der Waals surface area contributed by atoms with Gasteiger partial charge in [0.1, 0.15) is 5.60 Å². The fraction of sp³-hybridized carbons (Fsp3) is 0.867. The molecule has 0 aromatic heterocycles. The Bertz CT molecular complexity index is 1740. The molecule has 2 heterocycles. The van der Waals surface area contributed by atoms with Gasteiger partial charge in [0.2, 0.25) is 0 Å². The molecule has 0 aromatic carbocycles. The van der Waals surface area contributed by atoms with E-state index in [9.17, 15) is 33.9 Å². The van der Waals surface area contributed by atoms with Crippen LogP contribution in [0.4, 0.5) is 0 Å². The summed E-state index contributed by atoms with van der Waals surface area (Å²) in [5.41, 5.74) is -1.77. The molecular formula is C45H62O11. The highest BCUT2D eigenvalue weighted by atomic mass is 16.6. The predicted molar refractivity (Wildman–Crippen MR) is 198 cm³/mol. The molecule has 8 saturated carbocycles. The molecule has 11 nitrogen and oxygen atoms in total. The van der Waals surface area contributed by atoms with Gasteiger partial charge in [-0.15, -0.1) is 0 Å². The van der Waals surface area contributed by atoms with E-state index in [2.05, 4.69) is 13.8 Å². The number of aliphatic hydroxyl groups is 1. The normalized spacial score (nSPS) is 53.9. The lowest BCUT2D eigenvalue weighted by Gasteiger charge is -2.48. The van der Waals surface area contributed by atoms with Gasteiger partial charge < -0.3 is 24.1 Å². The van der Waals surface area contributed by atoms with Gasteiger partial charge in [-0.2, -0.15) is 0 Å². The lowest BCUT2D eigenvalue weighted by Crippen LogP contribution is -2.49. The fourth-order valence-electron chi connectivity index (χ4n) is 16.9. The van der Waals surface area contributed by atoms with Crippen molar-refractivity contribution in [1.29, 1.82) is 0 Å². The van der Waals surface area contributed by atoms with E-state index in [4.69, 9.17) is 18.9 Å². The van der Waals surface area contributed by atoms with Crippen LogP contribution in [0.15, 0.2) is 0 Å². The zero-order chi connectivity index (χ0) is 40.3. The maximum absolute atomic E-state index is 13.2. The molecule has 8 bridgehead atoms. The summed E-state index contributed by atoms with van der Waals surface area (Å²) in [4.78, 5) is 74.1. The second-order valence-corrected chi connectivity index (χ2v) is 22.0. The molecule has 308 valence electrons. The molecule has 10 rings (SSSR count). The van der Waals surface area contributed by atoms with E-state index in [1.807, 2.05) is 27.7 Å². The summed E-state index contributed by atoms with van der Waals surface area (Å²) in [5.74, 6) is 3.75. The number of esters is 6. The van der Waals surface area contributed by atoms with Crippen molar-refractivity contribution in [2.75, 3.05) is 6.61 Å². The Balaban J connectivity index is 0.000000155. The molecule has 8 aliphatic carbocycles. The fourth-order valence-corrected chi connectivity index (χ4v) is 16.9.